The summed E-state index contributed by atoms with van der Waals surface area (Å²) in [5, 5.41) is 2.79. The van der Waals surface area contributed by atoms with Gasteiger partial charge in [0.25, 0.3) is 0 Å². The lowest BCUT2D eigenvalue weighted by Gasteiger charge is -2.07. The molecule has 1 aromatic heterocycles. The molecule has 0 atom stereocenters. The molecule has 0 aliphatic heterocycles. The van der Waals surface area contributed by atoms with Gasteiger partial charge in [0.2, 0.25) is 0 Å². The molecule has 0 bridgehead atoms. The van der Waals surface area contributed by atoms with Gasteiger partial charge < -0.3 is 0 Å². The molecular weight excluding hydrogens is 194 g/mol. The van der Waals surface area contributed by atoms with Crippen LogP contribution in [0.1, 0.15) is 25.5 Å². The number of hydrogen-bond acceptors (Lipinski definition) is 1. The summed E-state index contributed by atoms with van der Waals surface area (Å²) in [6.07, 6.45) is 0. The summed E-state index contributed by atoms with van der Waals surface area (Å²) in [5.74, 6) is 0.414. The molecule has 0 saturated heterocycles. The van der Waals surface area contributed by atoms with Crippen molar-refractivity contribution in [1.29, 1.82) is 0 Å². The minimum Gasteiger partial charge on any atom is -0.240 e. The molecule has 0 saturated carbocycles. The number of rotatable bonds is 1. The van der Waals surface area contributed by atoms with Gasteiger partial charge >= 0.3 is 0 Å². The maximum atomic E-state index is 6.10. The predicted octanol–water partition coefficient (Wildman–Crippen LogP) is 4.01. The van der Waals surface area contributed by atoms with Crippen molar-refractivity contribution in [3.8, 4) is 0 Å². The van der Waals surface area contributed by atoms with Crippen molar-refractivity contribution in [1.82, 2.24) is 4.98 Å². The molecule has 1 heterocycles. The molecule has 0 amide bonds. The fourth-order valence-corrected chi connectivity index (χ4v) is 1.74. The highest BCUT2D eigenvalue weighted by atomic mass is 35.5. The Kier molecular flexibility index (Phi) is 2.42. The van der Waals surface area contributed by atoms with E-state index in [1.165, 1.54) is 0 Å². The molecule has 2 heteroatoms. The van der Waals surface area contributed by atoms with Gasteiger partial charge in [0, 0.05) is 11.1 Å². The van der Waals surface area contributed by atoms with Crippen LogP contribution in [0.15, 0.2) is 30.3 Å². The maximum absolute atomic E-state index is 6.10. The van der Waals surface area contributed by atoms with E-state index in [1.807, 2.05) is 18.2 Å². The second-order valence-corrected chi connectivity index (χ2v) is 4.07. The highest BCUT2D eigenvalue weighted by Crippen LogP contribution is 2.25. The molecule has 0 unspecified atom stereocenters. The monoisotopic (exact) mass is 205 g/mol. The van der Waals surface area contributed by atoms with E-state index >= 15 is 0 Å². The second-order valence-electron chi connectivity index (χ2n) is 3.71. The van der Waals surface area contributed by atoms with Crippen LogP contribution in [0, 0.1) is 0 Å². The van der Waals surface area contributed by atoms with E-state index in [-0.39, 0.29) is 0 Å². The third kappa shape index (κ3) is 1.60. The molecule has 0 aliphatic rings. The molecule has 0 aliphatic carbocycles. The van der Waals surface area contributed by atoms with E-state index in [0.717, 1.165) is 16.5 Å². The molecule has 0 fully saturated rings. The van der Waals surface area contributed by atoms with Gasteiger partial charge in [-0.1, -0.05) is 49.7 Å². The number of fused-ring (bicyclic) bond motifs is 1. The normalized spacial score (nSPS) is 11.1. The largest absolute Gasteiger partial charge is 0.240 e. The summed E-state index contributed by atoms with van der Waals surface area (Å²) in [4.78, 5) is 4.37. The van der Waals surface area contributed by atoms with Crippen LogP contribution in [0.2, 0.25) is 5.15 Å². The molecule has 0 radical (unpaired) electrons. The van der Waals surface area contributed by atoms with Gasteiger partial charge in [-0.2, -0.15) is 0 Å². The van der Waals surface area contributed by atoms with Crippen LogP contribution in [-0.2, 0) is 0 Å². The Balaban J connectivity index is 2.72. The summed E-state index contributed by atoms with van der Waals surface area (Å²) < 4.78 is 0. The number of benzene rings is 1. The average molecular weight is 206 g/mol. The SMILES string of the molecule is CC(C)c1cc2ccccc2c(Cl)n1. The lowest BCUT2D eigenvalue weighted by Crippen LogP contribution is -1.93. The zero-order valence-electron chi connectivity index (χ0n) is 8.29. The smallest absolute Gasteiger partial charge is 0.137 e. The molecule has 14 heavy (non-hydrogen) atoms. The third-order valence-electron chi connectivity index (χ3n) is 2.31. The number of pyridine rings is 1. The summed E-state index contributed by atoms with van der Waals surface area (Å²) in [5.41, 5.74) is 1.05. The van der Waals surface area contributed by atoms with Crippen LogP contribution in [0.5, 0.6) is 0 Å². The van der Waals surface area contributed by atoms with E-state index in [2.05, 4.69) is 31.0 Å². The van der Waals surface area contributed by atoms with E-state index in [0.29, 0.717) is 11.1 Å². The van der Waals surface area contributed by atoms with E-state index in [9.17, 15) is 0 Å². The van der Waals surface area contributed by atoms with Crippen molar-refractivity contribution in [3.63, 3.8) is 0 Å². The average Bonchev–Trinajstić information content (AvgIpc) is 2.17. The van der Waals surface area contributed by atoms with Crippen molar-refractivity contribution in [3.05, 3.63) is 41.2 Å². The second kappa shape index (κ2) is 3.58. The highest BCUT2D eigenvalue weighted by molar-refractivity contribution is 6.34. The first-order valence-corrected chi connectivity index (χ1v) is 5.11. The van der Waals surface area contributed by atoms with Crippen molar-refractivity contribution in [2.75, 3.05) is 0 Å². The minimum atomic E-state index is 0.414. The molecule has 2 rings (SSSR count). The van der Waals surface area contributed by atoms with Gasteiger partial charge in [-0.15, -0.1) is 0 Å². The van der Waals surface area contributed by atoms with Crippen LogP contribution in [0.4, 0.5) is 0 Å². The van der Waals surface area contributed by atoms with Crippen molar-refractivity contribution in [2.45, 2.75) is 19.8 Å². The fourth-order valence-electron chi connectivity index (χ4n) is 1.47. The molecule has 1 nitrogen and oxygen atoms in total. The van der Waals surface area contributed by atoms with E-state index in [1.54, 1.807) is 0 Å². The first-order valence-electron chi connectivity index (χ1n) is 4.73. The van der Waals surface area contributed by atoms with Crippen molar-refractivity contribution < 1.29 is 0 Å². The summed E-state index contributed by atoms with van der Waals surface area (Å²) in [6.45, 7) is 4.24. The summed E-state index contributed by atoms with van der Waals surface area (Å²) in [6, 6.07) is 10.2. The lowest BCUT2D eigenvalue weighted by atomic mass is 10.1. The molecule has 0 spiro atoms. The van der Waals surface area contributed by atoms with Gasteiger partial charge in [-0.3, -0.25) is 0 Å². The van der Waals surface area contributed by atoms with Gasteiger partial charge in [0.05, 0.1) is 0 Å². The Hall–Kier alpha value is -1.08. The Morgan fingerprint density at radius 3 is 2.64 bits per heavy atom. The standard InChI is InChI=1S/C12H12ClN/c1-8(2)11-7-9-5-3-4-6-10(9)12(13)14-11/h3-8H,1-2H3. The van der Waals surface area contributed by atoms with Gasteiger partial charge in [-0.25, -0.2) is 4.98 Å². The van der Waals surface area contributed by atoms with Crippen molar-refractivity contribution in [2.24, 2.45) is 0 Å². The van der Waals surface area contributed by atoms with Gasteiger partial charge in [0.1, 0.15) is 5.15 Å². The first-order chi connectivity index (χ1) is 6.68. The minimum absolute atomic E-state index is 0.414. The lowest BCUT2D eigenvalue weighted by molar-refractivity contribution is 0.826. The molecular formula is C12H12ClN. The topological polar surface area (TPSA) is 12.9 Å². The highest BCUT2D eigenvalue weighted by Gasteiger charge is 2.05. The Morgan fingerprint density at radius 1 is 1.21 bits per heavy atom. The quantitative estimate of drug-likeness (QED) is 0.641. The van der Waals surface area contributed by atoms with E-state index in [4.69, 9.17) is 11.6 Å². The summed E-state index contributed by atoms with van der Waals surface area (Å²) in [7, 11) is 0. The Bertz CT molecular complexity index is 463. The zero-order chi connectivity index (χ0) is 10.1. The van der Waals surface area contributed by atoms with Crippen LogP contribution in [0.25, 0.3) is 10.8 Å². The molecule has 72 valence electrons. The number of halogens is 1. The Morgan fingerprint density at radius 2 is 1.93 bits per heavy atom. The molecule has 0 N–H and O–H groups in total. The number of nitrogens with zero attached hydrogens (tertiary/aromatic N) is 1. The van der Waals surface area contributed by atoms with E-state index < -0.39 is 0 Å². The third-order valence-corrected chi connectivity index (χ3v) is 2.59. The number of aromatic nitrogens is 1. The predicted molar refractivity (Wildman–Crippen MR) is 60.8 cm³/mol. The fraction of sp³-hybridized carbons (Fsp3) is 0.250. The molecule has 2 aromatic rings. The van der Waals surface area contributed by atoms with Gasteiger partial charge in [0.15, 0.2) is 0 Å². The molecule has 1 aromatic carbocycles. The Labute approximate surface area is 88.7 Å². The first kappa shape index (κ1) is 9.47. The van der Waals surface area contributed by atoms with Crippen LogP contribution in [0.3, 0.4) is 0 Å². The number of hydrogen-bond donors (Lipinski definition) is 0. The van der Waals surface area contributed by atoms with Crippen LogP contribution in [-0.4, -0.2) is 4.98 Å². The zero-order valence-corrected chi connectivity index (χ0v) is 9.05. The maximum Gasteiger partial charge on any atom is 0.137 e. The van der Waals surface area contributed by atoms with Gasteiger partial charge in [-0.05, 0) is 17.4 Å². The van der Waals surface area contributed by atoms with Crippen LogP contribution < -0.4 is 0 Å². The summed E-state index contributed by atoms with van der Waals surface area (Å²) >= 11 is 6.10. The van der Waals surface area contributed by atoms with Crippen LogP contribution >= 0.6 is 11.6 Å². The van der Waals surface area contributed by atoms with Crippen molar-refractivity contribution >= 4 is 22.4 Å².